The molecule has 0 atom stereocenters. The van der Waals surface area contributed by atoms with Crippen LogP contribution in [0.5, 0.6) is 11.5 Å². The van der Waals surface area contributed by atoms with Gasteiger partial charge in [0, 0.05) is 11.1 Å². The minimum atomic E-state index is -0.800. The van der Waals surface area contributed by atoms with Crippen LogP contribution < -0.4 is 14.8 Å². The van der Waals surface area contributed by atoms with Crippen molar-refractivity contribution < 1.29 is 24.2 Å². The van der Waals surface area contributed by atoms with E-state index in [1.165, 1.54) is 5.56 Å². The van der Waals surface area contributed by atoms with Gasteiger partial charge in [0.15, 0.2) is 0 Å². The zero-order valence-electron chi connectivity index (χ0n) is 23.2. The van der Waals surface area contributed by atoms with E-state index in [9.17, 15) is 14.7 Å². The Labute approximate surface area is 216 Å². The fourth-order valence-corrected chi connectivity index (χ4v) is 3.85. The number of anilines is 1. The maximum atomic E-state index is 13.1. The van der Waals surface area contributed by atoms with E-state index in [1.54, 1.807) is 13.8 Å². The first-order valence-corrected chi connectivity index (χ1v) is 12.7. The third kappa shape index (κ3) is 8.28. The fourth-order valence-electron chi connectivity index (χ4n) is 3.85. The van der Waals surface area contributed by atoms with Crippen LogP contribution in [0.3, 0.4) is 0 Å². The third-order valence-electron chi connectivity index (χ3n) is 6.71. The highest BCUT2D eigenvalue weighted by molar-refractivity contribution is 5.95. The molecule has 0 radical (unpaired) electrons. The fraction of sp³-hybridized carbons (Fsp3) is 0.533. The number of hydrogen-bond acceptors (Lipinski definition) is 4. The molecule has 6 heteroatoms. The number of carbonyl (C=O) groups excluding carboxylic acids is 1. The highest BCUT2D eigenvalue weighted by atomic mass is 16.5. The number of ether oxygens (including phenoxy) is 2. The first-order valence-electron chi connectivity index (χ1n) is 12.7. The van der Waals surface area contributed by atoms with Crippen LogP contribution in [-0.2, 0) is 9.59 Å². The summed E-state index contributed by atoms with van der Waals surface area (Å²) in [6.07, 6.45) is 2.67. The van der Waals surface area contributed by atoms with E-state index >= 15 is 0 Å². The quantitative estimate of drug-likeness (QED) is 0.291. The van der Waals surface area contributed by atoms with Crippen LogP contribution in [0.2, 0.25) is 0 Å². The van der Waals surface area contributed by atoms with E-state index in [0.29, 0.717) is 32.5 Å². The van der Waals surface area contributed by atoms with E-state index < -0.39 is 16.8 Å². The molecule has 0 saturated carbocycles. The number of carbonyl (C=O) groups is 2. The minimum Gasteiger partial charge on any atom is -0.493 e. The predicted molar refractivity (Wildman–Crippen MR) is 145 cm³/mol. The number of aryl methyl sites for hydroxylation is 4. The summed E-state index contributed by atoms with van der Waals surface area (Å²) in [6.45, 7) is 16.3. The second-order valence-electron chi connectivity index (χ2n) is 11.1. The SMILES string of the molecule is Cc1ccc(C)c(OCCCC(C)(C)C(=O)Nc2cc(C)c(OCCCC(C)(C)C(=O)O)cc2C)c1. The highest BCUT2D eigenvalue weighted by Gasteiger charge is 2.28. The lowest BCUT2D eigenvalue weighted by Crippen LogP contribution is -2.31. The van der Waals surface area contributed by atoms with Crippen molar-refractivity contribution in [2.24, 2.45) is 10.8 Å². The Bertz CT molecular complexity index is 1070. The molecule has 2 aromatic carbocycles. The molecule has 2 aromatic rings. The molecule has 1 amide bonds. The van der Waals surface area contributed by atoms with Crippen LogP contribution in [0, 0.1) is 38.5 Å². The van der Waals surface area contributed by atoms with Gasteiger partial charge in [-0.25, -0.2) is 0 Å². The molecule has 0 aromatic heterocycles. The summed E-state index contributed by atoms with van der Waals surface area (Å²) in [5.41, 5.74) is 3.59. The second-order valence-corrected chi connectivity index (χ2v) is 11.1. The molecular formula is C30H43NO5. The van der Waals surface area contributed by atoms with Gasteiger partial charge in [0.2, 0.25) is 5.91 Å². The minimum absolute atomic E-state index is 0.0266. The number of benzene rings is 2. The van der Waals surface area contributed by atoms with E-state index in [0.717, 1.165) is 40.3 Å². The Balaban J connectivity index is 1.89. The summed E-state index contributed by atoms with van der Waals surface area (Å²) in [5.74, 6) is 0.825. The summed E-state index contributed by atoms with van der Waals surface area (Å²) in [6, 6.07) is 10.0. The van der Waals surface area contributed by atoms with Crippen LogP contribution in [-0.4, -0.2) is 30.2 Å². The molecule has 0 saturated heterocycles. The molecule has 0 heterocycles. The number of carboxylic acids is 1. The van der Waals surface area contributed by atoms with Gasteiger partial charge in [-0.3, -0.25) is 9.59 Å². The molecule has 198 valence electrons. The van der Waals surface area contributed by atoms with Crippen molar-refractivity contribution in [3.8, 4) is 11.5 Å². The van der Waals surface area contributed by atoms with Gasteiger partial charge in [-0.05, 0) is 108 Å². The average Bonchev–Trinajstić information content (AvgIpc) is 2.79. The topological polar surface area (TPSA) is 84.9 Å². The number of hydrogen-bond donors (Lipinski definition) is 2. The van der Waals surface area contributed by atoms with E-state index in [1.807, 2.05) is 59.7 Å². The summed E-state index contributed by atoms with van der Waals surface area (Å²) < 4.78 is 11.9. The molecule has 0 spiro atoms. The van der Waals surface area contributed by atoms with E-state index in [-0.39, 0.29) is 5.91 Å². The van der Waals surface area contributed by atoms with Crippen LogP contribution >= 0.6 is 0 Å². The lowest BCUT2D eigenvalue weighted by atomic mass is 9.86. The Hall–Kier alpha value is -3.02. The molecule has 2 N–H and O–H groups in total. The van der Waals surface area contributed by atoms with Crippen LogP contribution in [0.4, 0.5) is 5.69 Å². The van der Waals surface area contributed by atoms with Crippen LogP contribution in [0.25, 0.3) is 0 Å². The molecule has 0 aliphatic rings. The van der Waals surface area contributed by atoms with Gasteiger partial charge in [-0.2, -0.15) is 0 Å². The first kappa shape index (κ1) is 29.2. The van der Waals surface area contributed by atoms with Gasteiger partial charge in [0.25, 0.3) is 0 Å². The van der Waals surface area contributed by atoms with Crippen LogP contribution in [0.15, 0.2) is 30.3 Å². The molecule has 0 unspecified atom stereocenters. The average molecular weight is 498 g/mol. The normalized spacial score (nSPS) is 11.8. The Kier molecular flexibility index (Phi) is 9.97. The van der Waals surface area contributed by atoms with Crippen LogP contribution in [0.1, 0.15) is 75.6 Å². The van der Waals surface area contributed by atoms with Gasteiger partial charge in [-0.1, -0.05) is 26.0 Å². The zero-order chi connectivity index (χ0) is 27.1. The lowest BCUT2D eigenvalue weighted by Gasteiger charge is -2.25. The molecule has 0 aliphatic heterocycles. The molecular weight excluding hydrogens is 454 g/mol. The Morgan fingerprint density at radius 2 is 1.33 bits per heavy atom. The largest absolute Gasteiger partial charge is 0.493 e. The van der Waals surface area contributed by atoms with Crippen molar-refractivity contribution in [2.45, 2.75) is 81.1 Å². The van der Waals surface area contributed by atoms with Gasteiger partial charge in [-0.15, -0.1) is 0 Å². The highest BCUT2D eigenvalue weighted by Crippen LogP contribution is 2.30. The van der Waals surface area contributed by atoms with Gasteiger partial charge in [0.1, 0.15) is 11.5 Å². The molecule has 36 heavy (non-hydrogen) atoms. The maximum Gasteiger partial charge on any atom is 0.309 e. The summed E-state index contributed by atoms with van der Waals surface area (Å²) in [5, 5.41) is 12.3. The smallest absolute Gasteiger partial charge is 0.309 e. The van der Waals surface area contributed by atoms with E-state index in [2.05, 4.69) is 17.4 Å². The summed E-state index contributed by atoms with van der Waals surface area (Å²) >= 11 is 0. The van der Waals surface area contributed by atoms with Crippen molar-refractivity contribution in [3.63, 3.8) is 0 Å². The number of aliphatic carboxylic acids is 1. The summed E-state index contributed by atoms with van der Waals surface area (Å²) in [4.78, 5) is 24.3. The third-order valence-corrected chi connectivity index (χ3v) is 6.71. The predicted octanol–water partition coefficient (Wildman–Crippen LogP) is 7.01. The molecule has 6 nitrogen and oxygen atoms in total. The number of rotatable bonds is 13. The Morgan fingerprint density at radius 1 is 0.778 bits per heavy atom. The molecule has 0 aliphatic carbocycles. The number of carboxylic acid groups (broad SMARTS) is 1. The molecule has 2 rings (SSSR count). The van der Waals surface area contributed by atoms with Gasteiger partial charge in [0.05, 0.1) is 18.6 Å². The van der Waals surface area contributed by atoms with Crippen molar-refractivity contribution in [3.05, 3.63) is 52.6 Å². The summed E-state index contributed by atoms with van der Waals surface area (Å²) in [7, 11) is 0. The van der Waals surface area contributed by atoms with Crippen molar-refractivity contribution in [1.82, 2.24) is 0 Å². The molecule has 0 fully saturated rings. The maximum absolute atomic E-state index is 13.1. The molecule has 0 bridgehead atoms. The monoisotopic (exact) mass is 497 g/mol. The van der Waals surface area contributed by atoms with E-state index in [4.69, 9.17) is 9.47 Å². The van der Waals surface area contributed by atoms with Gasteiger partial charge < -0.3 is 19.9 Å². The van der Waals surface area contributed by atoms with Crippen molar-refractivity contribution >= 4 is 17.6 Å². The van der Waals surface area contributed by atoms with Crippen molar-refractivity contribution in [2.75, 3.05) is 18.5 Å². The lowest BCUT2D eigenvalue weighted by molar-refractivity contribution is -0.147. The van der Waals surface area contributed by atoms with Crippen molar-refractivity contribution in [1.29, 1.82) is 0 Å². The number of nitrogens with one attached hydrogen (secondary N) is 1. The zero-order valence-corrected chi connectivity index (χ0v) is 23.2. The first-order chi connectivity index (χ1) is 16.7. The van der Waals surface area contributed by atoms with Gasteiger partial charge >= 0.3 is 5.97 Å². The Morgan fingerprint density at radius 3 is 1.92 bits per heavy atom. The standard InChI is InChI=1S/C30H43NO5/c1-20-11-12-21(2)25(17-20)35-15-9-13-29(5,6)27(32)31-24-18-23(4)26(19-22(24)3)36-16-10-14-30(7,8)28(33)34/h11-12,17-19H,9-10,13-16H2,1-8H3,(H,31,32)(H,33,34). The number of amides is 1. The second kappa shape index (κ2) is 12.3.